The van der Waals surface area contributed by atoms with E-state index in [1.54, 1.807) is 26.8 Å². The molecule has 0 aliphatic carbocycles. The molecule has 0 fully saturated rings. The number of aromatic nitrogens is 1. The number of carbonyl (C=O) groups is 2. The molecule has 220 valence electrons. The molecule has 3 aromatic rings. The SMILES string of the molecule is CCS(=O)(=O)Cc1ccc(C(=O)c2cc(OC)c(F)cc2Cl)c(-c2cn(C)c(=O)cc2CNC(=O)OC(C)(C)C)c1. The van der Waals surface area contributed by atoms with E-state index < -0.39 is 33.1 Å². The van der Waals surface area contributed by atoms with Crippen LogP contribution in [-0.4, -0.2) is 43.3 Å². The van der Waals surface area contributed by atoms with Gasteiger partial charge in [0.05, 0.1) is 17.9 Å². The van der Waals surface area contributed by atoms with Crippen LogP contribution in [0.25, 0.3) is 11.1 Å². The minimum Gasteiger partial charge on any atom is -0.494 e. The highest BCUT2D eigenvalue weighted by Gasteiger charge is 2.24. The van der Waals surface area contributed by atoms with Crippen LogP contribution in [0.1, 0.15) is 54.7 Å². The fourth-order valence-corrected chi connectivity index (χ4v) is 5.13. The van der Waals surface area contributed by atoms with Gasteiger partial charge in [-0.05, 0) is 55.7 Å². The molecular formula is C29H32ClFN2O7S. The van der Waals surface area contributed by atoms with Crippen molar-refractivity contribution in [2.45, 2.75) is 45.6 Å². The maximum atomic E-state index is 14.2. The average Bonchev–Trinajstić information content (AvgIpc) is 2.87. The van der Waals surface area contributed by atoms with E-state index in [1.807, 2.05) is 0 Å². The quantitative estimate of drug-likeness (QED) is 0.339. The zero-order valence-electron chi connectivity index (χ0n) is 23.6. The molecular weight excluding hydrogens is 575 g/mol. The molecule has 0 radical (unpaired) electrons. The Kier molecular flexibility index (Phi) is 9.66. The van der Waals surface area contributed by atoms with E-state index in [9.17, 15) is 27.2 Å². The van der Waals surface area contributed by atoms with Gasteiger partial charge in [0.2, 0.25) is 0 Å². The number of amides is 1. The highest BCUT2D eigenvalue weighted by molar-refractivity contribution is 7.90. The topological polar surface area (TPSA) is 121 Å². The first-order valence-electron chi connectivity index (χ1n) is 12.6. The molecule has 1 aromatic heterocycles. The molecule has 0 atom stereocenters. The Morgan fingerprint density at radius 1 is 1.07 bits per heavy atom. The molecule has 0 spiro atoms. The summed E-state index contributed by atoms with van der Waals surface area (Å²) < 4.78 is 50.7. The molecule has 1 heterocycles. The monoisotopic (exact) mass is 606 g/mol. The predicted molar refractivity (Wildman–Crippen MR) is 155 cm³/mol. The number of hydrogen-bond donors (Lipinski definition) is 1. The van der Waals surface area contributed by atoms with E-state index in [2.05, 4.69) is 5.32 Å². The van der Waals surface area contributed by atoms with Gasteiger partial charge in [0.15, 0.2) is 27.2 Å². The number of nitrogens with zero attached hydrogens (tertiary/aromatic N) is 1. The van der Waals surface area contributed by atoms with Gasteiger partial charge in [0, 0.05) is 48.3 Å². The van der Waals surface area contributed by atoms with Crippen molar-refractivity contribution in [3.05, 3.63) is 86.0 Å². The van der Waals surface area contributed by atoms with E-state index in [4.69, 9.17) is 21.1 Å². The molecule has 9 nitrogen and oxygen atoms in total. The Morgan fingerprint density at radius 2 is 1.76 bits per heavy atom. The van der Waals surface area contributed by atoms with Crippen molar-refractivity contribution in [1.29, 1.82) is 0 Å². The van der Waals surface area contributed by atoms with E-state index in [1.165, 1.54) is 56.1 Å². The van der Waals surface area contributed by atoms with Crippen molar-refractivity contribution in [1.82, 2.24) is 9.88 Å². The smallest absolute Gasteiger partial charge is 0.407 e. The van der Waals surface area contributed by atoms with Crippen molar-refractivity contribution in [2.24, 2.45) is 7.05 Å². The third-order valence-corrected chi connectivity index (χ3v) is 8.03. The van der Waals surface area contributed by atoms with Crippen LogP contribution in [0.2, 0.25) is 5.02 Å². The summed E-state index contributed by atoms with van der Waals surface area (Å²) in [6.07, 6.45) is 0.777. The first kappa shape index (κ1) is 31.8. The molecule has 2 aromatic carbocycles. The number of halogens is 2. The molecule has 0 aliphatic rings. The third-order valence-electron chi connectivity index (χ3n) is 6.07. The van der Waals surface area contributed by atoms with E-state index in [0.29, 0.717) is 16.7 Å². The van der Waals surface area contributed by atoms with Gasteiger partial charge in [0.1, 0.15) is 5.60 Å². The van der Waals surface area contributed by atoms with Gasteiger partial charge in [-0.3, -0.25) is 9.59 Å². The first-order chi connectivity index (χ1) is 19.0. The van der Waals surface area contributed by atoms with Crippen molar-refractivity contribution in [3.63, 3.8) is 0 Å². The Balaban J connectivity index is 2.23. The number of carbonyl (C=O) groups excluding carboxylic acids is 2. The number of pyridine rings is 1. The number of hydrogen-bond acceptors (Lipinski definition) is 7. The van der Waals surface area contributed by atoms with Gasteiger partial charge in [-0.25, -0.2) is 17.6 Å². The summed E-state index contributed by atoms with van der Waals surface area (Å²) in [4.78, 5) is 38.8. The number of rotatable bonds is 9. The van der Waals surface area contributed by atoms with Crippen LogP contribution in [0.4, 0.5) is 9.18 Å². The molecule has 1 amide bonds. The van der Waals surface area contributed by atoms with E-state index in [0.717, 1.165) is 6.07 Å². The van der Waals surface area contributed by atoms with Gasteiger partial charge in [-0.2, -0.15) is 0 Å². The lowest BCUT2D eigenvalue weighted by molar-refractivity contribution is 0.0523. The number of aryl methyl sites for hydroxylation is 1. The summed E-state index contributed by atoms with van der Waals surface area (Å²) in [5, 5.41) is 2.47. The van der Waals surface area contributed by atoms with Crippen LogP contribution in [-0.2, 0) is 33.9 Å². The van der Waals surface area contributed by atoms with Gasteiger partial charge >= 0.3 is 6.09 Å². The number of nitrogens with one attached hydrogen (secondary N) is 1. The highest BCUT2D eigenvalue weighted by atomic mass is 35.5. The Hall–Kier alpha value is -3.70. The number of methoxy groups -OCH3 is 1. The van der Waals surface area contributed by atoms with E-state index in [-0.39, 0.29) is 51.1 Å². The zero-order chi connectivity index (χ0) is 30.7. The third kappa shape index (κ3) is 7.95. The maximum absolute atomic E-state index is 14.2. The minimum absolute atomic E-state index is 0.0432. The largest absolute Gasteiger partial charge is 0.494 e. The molecule has 41 heavy (non-hydrogen) atoms. The van der Waals surface area contributed by atoms with Crippen LogP contribution in [0.5, 0.6) is 5.75 Å². The number of benzene rings is 2. The van der Waals surface area contributed by atoms with Gasteiger partial charge < -0.3 is 19.4 Å². The number of ether oxygens (including phenoxy) is 2. The second kappa shape index (κ2) is 12.4. The molecule has 0 bridgehead atoms. The molecule has 1 N–H and O–H groups in total. The minimum atomic E-state index is -3.43. The van der Waals surface area contributed by atoms with Crippen LogP contribution in [0.3, 0.4) is 0 Å². The van der Waals surface area contributed by atoms with Crippen molar-refractivity contribution in [3.8, 4) is 16.9 Å². The van der Waals surface area contributed by atoms with Crippen LogP contribution >= 0.6 is 11.6 Å². The number of ketones is 1. The lowest BCUT2D eigenvalue weighted by Gasteiger charge is -2.21. The fourth-order valence-electron chi connectivity index (χ4n) is 4.00. The van der Waals surface area contributed by atoms with Crippen LogP contribution in [0.15, 0.2) is 47.4 Å². The fraction of sp³-hybridized carbons (Fsp3) is 0.345. The Bertz CT molecular complexity index is 1660. The second-order valence-electron chi connectivity index (χ2n) is 10.4. The molecule has 3 rings (SSSR count). The predicted octanol–water partition coefficient (Wildman–Crippen LogP) is 5.04. The summed E-state index contributed by atoms with van der Waals surface area (Å²) in [7, 11) is -0.661. The summed E-state index contributed by atoms with van der Waals surface area (Å²) in [6.45, 7) is 6.53. The van der Waals surface area contributed by atoms with Gasteiger partial charge in [0.25, 0.3) is 5.56 Å². The Labute approximate surface area is 243 Å². The lowest BCUT2D eigenvalue weighted by atomic mass is 9.91. The normalized spacial score (nSPS) is 11.7. The highest BCUT2D eigenvalue weighted by Crippen LogP contribution is 2.33. The van der Waals surface area contributed by atoms with Crippen LogP contribution < -0.4 is 15.6 Å². The molecule has 0 saturated carbocycles. The standard InChI is InChI=1S/C29H32ClFN2O7S/c1-7-41(37,38)16-17-8-9-19(27(35)21-12-25(39-6)24(31)13-23(21)30)20(10-17)22-15-33(5)26(34)11-18(22)14-32-28(36)40-29(2,3)4/h8-13,15H,7,14,16H2,1-6H3,(H,32,36). The van der Waals surface area contributed by atoms with Crippen molar-refractivity contribution in [2.75, 3.05) is 12.9 Å². The number of alkyl carbamates (subject to hydrolysis) is 1. The molecule has 12 heteroatoms. The summed E-state index contributed by atoms with van der Waals surface area (Å²) in [5.41, 5.74) is 0.357. The molecule has 0 aliphatic heterocycles. The second-order valence-corrected chi connectivity index (χ2v) is 13.1. The zero-order valence-corrected chi connectivity index (χ0v) is 25.2. The maximum Gasteiger partial charge on any atom is 0.407 e. The molecule has 0 saturated heterocycles. The van der Waals surface area contributed by atoms with Crippen molar-refractivity contribution >= 4 is 33.3 Å². The van der Waals surface area contributed by atoms with Crippen LogP contribution in [0, 0.1) is 5.82 Å². The summed E-state index contributed by atoms with van der Waals surface area (Å²) in [6, 6.07) is 7.98. The van der Waals surface area contributed by atoms with E-state index >= 15 is 0 Å². The average molecular weight is 607 g/mol. The summed E-state index contributed by atoms with van der Waals surface area (Å²) >= 11 is 6.25. The van der Waals surface area contributed by atoms with Gasteiger partial charge in [-0.1, -0.05) is 30.7 Å². The van der Waals surface area contributed by atoms with Gasteiger partial charge in [-0.15, -0.1) is 0 Å². The lowest BCUT2D eigenvalue weighted by Crippen LogP contribution is -2.32. The first-order valence-corrected chi connectivity index (χ1v) is 14.8. The summed E-state index contributed by atoms with van der Waals surface area (Å²) in [5.74, 6) is -1.89. The number of sulfone groups is 1. The Morgan fingerprint density at radius 3 is 2.37 bits per heavy atom. The molecule has 0 unspecified atom stereocenters. The van der Waals surface area contributed by atoms with Crippen molar-refractivity contribution < 1.29 is 31.9 Å².